The van der Waals surface area contributed by atoms with Crippen molar-refractivity contribution in [2.24, 2.45) is 0 Å². The molecule has 4 aromatic carbocycles. The molecule has 0 radical (unpaired) electrons. The molecule has 196 valence electrons. The first kappa shape index (κ1) is 27.5. The Balaban J connectivity index is 1.57. The van der Waals surface area contributed by atoms with Crippen LogP contribution in [0, 0.1) is 48.5 Å². The van der Waals surface area contributed by atoms with E-state index >= 15 is 0 Å². The Morgan fingerprint density at radius 3 is 1.82 bits per heavy atom. The molecule has 4 aromatic rings. The van der Waals surface area contributed by atoms with Crippen molar-refractivity contribution < 1.29 is 14.3 Å². The summed E-state index contributed by atoms with van der Waals surface area (Å²) in [6.45, 7) is 14.7. The summed E-state index contributed by atoms with van der Waals surface area (Å²) >= 11 is 1.84. The van der Waals surface area contributed by atoms with Gasteiger partial charge in [-0.3, -0.25) is 0 Å². The van der Waals surface area contributed by atoms with E-state index in [-0.39, 0.29) is 5.97 Å². The maximum atomic E-state index is 13.6. The molecule has 0 saturated carbocycles. The zero-order valence-electron chi connectivity index (χ0n) is 23.4. The van der Waals surface area contributed by atoms with Gasteiger partial charge in [-0.2, -0.15) is 0 Å². The molecule has 0 aliphatic rings. The summed E-state index contributed by atoms with van der Waals surface area (Å²) in [5.41, 5.74) is 10.0. The van der Waals surface area contributed by atoms with Gasteiger partial charge in [0.05, 0.1) is 5.56 Å². The number of hydrogen-bond acceptors (Lipinski definition) is 4. The summed E-state index contributed by atoms with van der Waals surface area (Å²) in [5, 5.41) is 0. The van der Waals surface area contributed by atoms with Crippen molar-refractivity contribution in [1.82, 2.24) is 0 Å². The second kappa shape index (κ2) is 11.9. The standard InChI is InChI=1S/C34H36O3S/c1-21-18-30(36-19-28-14-10-8-11-15-28)22(2)23(3)31(21)34(35)37-32-24(4)26(6)33(27(7)25(32)5)38-20-29-16-12-9-13-17-29/h8-18H,19-20H2,1-7H3. The van der Waals surface area contributed by atoms with Gasteiger partial charge in [-0.15, -0.1) is 11.8 Å². The molecule has 0 unspecified atom stereocenters. The Labute approximate surface area is 231 Å². The first-order chi connectivity index (χ1) is 18.2. The lowest BCUT2D eigenvalue weighted by molar-refractivity contribution is 0.0730. The van der Waals surface area contributed by atoms with Crippen molar-refractivity contribution in [3.05, 3.63) is 122 Å². The fourth-order valence-electron chi connectivity index (χ4n) is 4.73. The molecule has 0 bridgehead atoms. The van der Waals surface area contributed by atoms with Crippen LogP contribution < -0.4 is 9.47 Å². The highest BCUT2D eigenvalue weighted by Gasteiger charge is 2.23. The number of carbonyl (C=O) groups is 1. The summed E-state index contributed by atoms with van der Waals surface area (Å²) in [7, 11) is 0. The molecule has 0 spiro atoms. The highest BCUT2D eigenvalue weighted by Crippen LogP contribution is 2.39. The molecule has 0 aliphatic carbocycles. The van der Waals surface area contributed by atoms with Gasteiger partial charge in [0.2, 0.25) is 0 Å². The minimum Gasteiger partial charge on any atom is -0.489 e. The predicted molar refractivity (Wildman–Crippen MR) is 158 cm³/mol. The highest BCUT2D eigenvalue weighted by atomic mass is 32.2. The van der Waals surface area contributed by atoms with Crippen molar-refractivity contribution in [2.75, 3.05) is 0 Å². The average molecular weight is 525 g/mol. The van der Waals surface area contributed by atoms with Crippen LogP contribution in [0.15, 0.2) is 71.6 Å². The minimum atomic E-state index is -0.326. The Morgan fingerprint density at radius 2 is 1.24 bits per heavy atom. The van der Waals surface area contributed by atoms with Crippen LogP contribution in [0.5, 0.6) is 11.5 Å². The van der Waals surface area contributed by atoms with Gasteiger partial charge in [0.15, 0.2) is 0 Å². The van der Waals surface area contributed by atoms with Crippen LogP contribution in [-0.4, -0.2) is 5.97 Å². The number of carbonyl (C=O) groups excluding carboxylic acids is 1. The Bertz CT molecular complexity index is 1430. The van der Waals surface area contributed by atoms with E-state index in [1.165, 1.54) is 10.5 Å². The van der Waals surface area contributed by atoms with Crippen LogP contribution in [0.4, 0.5) is 0 Å². The van der Waals surface area contributed by atoms with Gasteiger partial charge in [-0.05, 0) is 105 Å². The fourth-order valence-corrected chi connectivity index (χ4v) is 5.97. The first-order valence-electron chi connectivity index (χ1n) is 13.0. The number of aryl methyl sites for hydroxylation is 1. The van der Waals surface area contributed by atoms with Gasteiger partial charge in [-0.1, -0.05) is 60.7 Å². The van der Waals surface area contributed by atoms with Gasteiger partial charge < -0.3 is 9.47 Å². The van der Waals surface area contributed by atoms with Crippen molar-refractivity contribution in [2.45, 2.75) is 65.7 Å². The smallest absolute Gasteiger partial charge is 0.344 e. The third-order valence-electron chi connectivity index (χ3n) is 7.40. The summed E-state index contributed by atoms with van der Waals surface area (Å²) < 4.78 is 12.3. The van der Waals surface area contributed by atoms with E-state index in [1.54, 1.807) is 0 Å². The largest absolute Gasteiger partial charge is 0.489 e. The number of esters is 1. The number of rotatable bonds is 8. The van der Waals surface area contributed by atoms with Crippen molar-refractivity contribution in [3.63, 3.8) is 0 Å². The van der Waals surface area contributed by atoms with E-state index in [4.69, 9.17) is 9.47 Å². The molecule has 0 heterocycles. The van der Waals surface area contributed by atoms with Gasteiger partial charge in [0, 0.05) is 10.6 Å². The second-order valence-corrected chi connectivity index (χ2v) is 10.9. The molecule has 0 aliphatic heterocycles. The van der Waals surface area contributed by atoms with Gasteiger partial charge in [-0.25, -0.2) is 4.79 Å². The summed E-state index contributed by atoms with van der Waals surface area (Å²) in [5.74, 6) is 2.03. The maximum absolute atomic E-state index is 13.6. The van der Waals surface area contributed by atoms with Crippen LogP contribution >= 0.6 is 11.8 Å². The number of ether oxygens (including phenoxy) is 2. The minimum absolute atomic E-state index is 0.326. The van der Waals surface area contributed by atoms with E-state index in [0.29, 0.717) is 17.9 Å². The van der Waals surface area contributed by atoms with E-state index in [9.17, 15) is 4.79 Å². The monoisotopic (exact) mass is 524 g/mol. The lowest BCUT2D eigenvalue weighted by Gasteiger charge is -2.21. The van der Waals surface area contributed by atoms with Crippen molar-refractivity contribution >= 4 is 17.7 Å². The van der Waals surface area contributed by atoms with E-state index in [0.717, 1.165) is 56.0 Å². The average Bonchev–Trinajstić information content (AvgIpc) is 2.92. The van der Waals surface area contributed by atoms with E-state index in [1.807, 2.05) is 88.8 Å². The molecule has 4 heteroatoms. The third-order valence-corrected chi connectivity index (χ3v) is 8.78. The number of thioether (sulfide) groups is 1. The lowest BCUT2D eigenvalue weighted by Crippen LogP contribution is -2.16. The molecular formula is C34H36O3S. The maximum Gasteiger partial charge on any atom is 0.344 e. The molecule has 0 saturated heterocycles. The van der Waals surface area contributed by atoms with Crippen molar-refractivity contribution in [1.29, 1.82) is 0 Å². The van der Waals surface area contributed by atoms with E-state index in [2.05, 4.69) is 38.1 Å². The predicted octanol–water partition coefficient (Wildman–Crippen LogP) is 8.94. The molecule has 0 fully saturated rings. The number of hydrogen-bond donors (Lipinski definition) is 0. The zero-order valence-corrected chi connectivity index (χ0v) is 24.2. The fraction of sp³-hybridized carbons (Fsp3) is 0.265. The Kier molecular flexibility index (Phi) is 8.63. The van der Waals surface area contributed by atoms with Crippen LogP contribution in [0.3, 0.4) is 0 Å². The van der Waals surface area contributed by atoms with E-state index < -0.39 is 0 Å². The molecule has 4 rings (SSSR count). The molecule has 3 nitrogen and oxygen atoms in total. The molecular weight excluding hydrogens is 488 g/mol. The van der Waals surface area contributed by atoms with Crippen molar-refractivity contribution in [3.8, 4) is 11.5 Å². The highest BCUT2D eigenvalue weighted by molar-refractivity contribution is 7.98. The van der Waals surface area contributed by atoms with Crippen LogP contribution in [0.25, 0.3) is 0 Å². The molecule has 0 amide bonds. The summed E-state index contributed by atoms with van der Waals surface area (Å²) in [4.78, 5) is 14.8. The molecule has 0 atom stereocenters. The third kappa shape index (κ3) is 5.81. The van der Waals surface area contributed by atoms with Gasteiger partial charge in [0.25, 0.3) is 0 Å². The first-order valence-corrected chi connectivity index (χ1v) is 13.9. The topological polar surface area (TPSA) is 35.5 Å². The lowest BCUT2D eigenvalue weighted by atomic mass is 9.97. The van der Waals surface area contributed by atoms with Gasteiger partial charge >= 0.3 is 5.97 Å². The van der Waals surface area contributed by atoms with Gasteiger partial charge in [0.1, 0.15) is 18.1 Å². The molecule has 0 aromatic heterocycles. The number of benzene rings is 4. The summed E-state index contributed by atoms with van der Waals surface area (Å²) in [6.07, 6.45) is 0. The Morgan fingerprint density at radius 1 is 0.684 bits per heavy atom. The van der Waals surface area contributed by atoms with Crippen LogP contribution in [-0.2, 0) is 12.4 Å². The summed E-state index contributed by atoms with van der Waals surface area (Å²) in [6, 6.07) is 22.5. The zero-order chi connectivity index (χ0) is 27.4. The van der Waals surface area contributed by atoms with Crippen LogP contribution in [0.2, 0.25) is 0 Å². The normalized spacial score (nSPS) is 10.9. The quantitative estimate of drug-likeness (QED) is 0.131. The van der Waals surface area contributed by atoms with Crippen LogP contribution in [0.1, 0.15) is 60.4 Å². The SMILES string of the molecule is Cc1cc(OCc2ccccc2)c(C)c(C)c1C(=O)Oc1c(C)c(C)c(SCc2ccccc2)c(C)c1C. The second-order valence-electron chi connectivity index (χ2n) is 9.91. The Hall–Kier alpha value is -3.50. The molecule has 0 N–H and O–H groups in total. The molecule has 38 heavy (non-hydrogen) atoms.